The van der Waals surface area contributed by atoms with E-state index >= 15 is 0 Å². The Hall–Kier alpha value is -3.43. The number of hydrogen-bond donors (Lipinski definition) is 0. The second-order valence-corrected chi connectivity index (χ2v) is 8.62. The number of fused-ring (bicyclic) bond motifs is 2. The molecule has 0 N–H and O–H groups in total. The molecule has 0 spiro atoms. The van der Waals surface area contributed by atoms with Crippen LogP contribution >= 0.6 is 15.9 Å². The average Bonchev–Trinajstić information content (AvgIpc) is 3.33. The normalized spacial score (nSPS) is 11.3. The van der Waals surface area contributed by atoms with Crippen molar-refractivity contribution in [3.8, 4) is 17.2 Å². The molecule has 0 saturated carbocycles. The van der Waals surface area contributed by atoms with Crippen molar-refractivity contribution in [3.63, 3.8) is 0 Å². The number of imidazole rings is 1. The van der Waals surface area contributed by atoms with Crippen LogP contribution in [0.25, 0.3) is 27.8 Å². The van der Waals surface area contributed by atoms with Gasteiger partial charge in [-0.2, -0.15) is 5.26 Å². The van der Waals surface area contributed by atoms with Gasteiger partial charge in [0.2, 0.25) is 0 Å². The third-order valence-electron chi connectivity index (χ3n) is 5.82. The van der Waals surface area contributed by atoms with Gasteiger partial charge in [-0.15, -0.1) is 0 Å². The van der Waals surface area contributed by atoms with Crippen LogP contribution in [0.15, 0.2) is 71.6 Å². The summed E-state index contributed by atoms with van der Waals surface area (Å²) < 4.78 is 5.12. The minimum absolute atomic E-state index is 0.678. The molecule has 1 aromatic carbocycles. The minimum atomic E-state index is 0.678. The summed E-state index contributed by atoms with van der Waals surface area (Å²) in [6.45, 7) is 2.92. The molecular weight excluding hydrogens is 462 g/mol. The van der Waals surface area contributed by atoms with E-state index in [0.29, 0.717) is 5.56 Å². The van der Waals surface area contributed by atoms with E-state index < -0.39 is 0 Å². The second-order valence-electron chi connectivity index (χ2n) is 7.87. The van der Waals surface area contributed by atoms with Crippen LogP contribution in [0.2, 0.25) is 0 Å². The number of aryl methyl sites for hydroxylation is 1. The molecule has 0 bridgehead atoms. The number of unbranched alkanes of at least 4 members (excludes halogenated alkanes) is 1. The molecule has 5 aromatic rings. The van der Waals surface area contributed by atoms with Crippen molar-refractivity contribution in [1.29, 1.82) is 5.26 Å². The van der Waals surface area contributed by atoms with Crippen molar-refractivity contribution in [2.45, 2.75) is 32.7 Å². The van der Waals surface area contributed by atoms with Crippen molar-refractivity contribution >= 4 is 32.6 Å². The van der Waals surface area contributed by atoms with Crippen LogP contribution < -0.4 is 0 Å². The highest BCUT2D eigenvalue weighted by molar-refractivity contribution is 9.10. The van der Waals surface area contributed by atoms with Gasteiger partial charge >= 0.3 is 0 Å². The largest absolute Gasteiger partial charge is 0.309 e. The van der Waals surface area contributed by atoms with Crippen molar-refractivity contribution in [3.05, 3.63) is 88.5 Å². The maximum Gasteiger partial charge on any atom is 0.160 e. The van der Waals surface area contributed by atoms with E-state index in [-0.39, 0.29) is 0 Å². The highest BCUT2D eigenvalue weighted by Crippen LogP contribution is 2.36. The molecule has 0 aliphatic rings. The molecule has 0 aliphatic heterocycles. The maximum absolute atomic E-state index is 9.82. The highest BCUT2D eigenvalue weighted by atomic mass is 79.9. The van der Waals surface area contributed by atoms with Crippen LogP contribution in [0.3, 0.4) is 0 Å². The molecule has 6 heteroatoms. The molecule has 4 heterocycles. The zero-order chi connectivity index (χ0) is 22.1. The van der Waals surface area contributed by atoms with Crippen molar-refractivity contribution in [2.75, 3.05) is 0 Å². The fourth-order valence-corrected chi connectivity index (χ4v) is 4.94. The Kier molecular flexibility index (Phi) is 5.50. The molecule has 0 radical (unpaired) electrons. The van der Waals surface area contributed by atoms with Gasteiger partial charge in [-0.05, 0) is 57.7 Å². The van der Waals surface area contributed by atoms with Gasteiger partial charge in [-0.1, -0.05) is 43.7 Å². The topological polar surface area (TPSA) is 58.9 Å². The SMILES string of the molecule is CCCCc1nc2cccnc2n1Cc1ccc(-c2c(C#N)c3ccccn3c2Br)cc1. The highest BCUT2D eigenvalue weighted by Gasteiger charge is 2.18. The summed E-state index contributed by atoms with van der Waals surface area (Å²) in [5.74, 6) is 1.08. The molecule has 4 aromatic heterocycles. The van der Waals surface area contributed by atoms with Gasteiger partial charge in [0, 0.05) is 24.4 Å². The molecular formula is C26H22BrN5. The van der Waals surface area contributed by atoms with E-state index in [9.17, 15) is 5.26 Å². The number of aromatic nitrogens is 4. The Morgan fingerprint density at radius 1 is 1.06 bits per heavy atom. The Balaban J connectivity index is 1.52. The van der Waals surface area contributed by atoms with E-state index in [1.807, 2.05) is 47.1 Å². The van der Waals surface area contributed by atoms with Crippen LogP contribution in [0, 0.1) is 11.3 Å². The summed E-state index contributed by atoms with van der Waals surface area (Å²) in [6.07, 6.45) is 6.97. The lowest BCUT2D eigenvalue weighted by atomic mass is 10.0. The predicted molar refractivity (Wildman–Crippen MR) is 130 cm³/mol. The number of benzene rings is 1. The van der Waals surface area contributed by atoms with Gasteiger partial charge < -0.3 is 8.97 Å². The molecule has 5 rings (SSSR count). The van der Waals surface area contributed by atoms with Gasteiger partial charge in [-0.3, -0.25) is 0 Å². The summed E-state index contributed by atoms with van der Waals surface area (Å²) in [4.78, 5) is 9.41. The molecule has 0 unspecified atom stereocenters. The first-order valence-corrected chi connectivity index (χ1v) is 11.6. The first kappa shape index (κ1) is 20.5. The van der Waals surface area contributed by atoms with E-state index in [2.05, 4.69) is 62.7 Å². The molecule has 0 atom stereocenters. The average molecular weight is 484 g/mol. The van der Waals surface area contributed by atoms with E-state index in [1.54, 1.807) is 0 Å². The summed E-state index contributed by atoms with van der Waals surface area (Å²) in [5.41, 5.74) is 6.56. The number of nitriles is 1. The van der Waals surface area contributed by atoms with Crippen molar-refractivity contribution in [2.24, 2.45) is 0 Å². The maximum atomic E-state index is 9.82. The lowest BCUT2D eigenvalue weighted by Crippen LogP contribution is -2.06. The fourth-order valence-electron chi connectivity index (χ4n) is 4.20. The summed E-state index contributed by atoms with van der Waals surface area (Å²) in [7, 11) is 0. The fraction of sp³-hybridized carbons (Fsp3) is 0.192. The standard InChI is InChI=1S/C26H22BrN5/c1-2-3-9-23-30-21-7-6-14-29-26(21)32(23)17-18-10-12-19(13-11-18)24-20(16-28)22-8-4-5-15-31(22)25(24)27/h4-8,10-15H,2-3,9,17H2,1H3. The molecule has 32 heavy (non-hydrogen) atoms. The summed E-state index contributed by atoms with van der Waals surface area (Å²) >= 11 is 3.70. The van der Waals surface area contributed by atoms with Crippen LogP contribution in [0.1, 0.15) is 36.7 Å². The Labute approximate surface area is 195 Å². The third-order valence-corrected chi connectivity index (χ3v) is 6.59. The minimum Gasteiger partial charge on any atom is -0.309 e. The van der Waals surface area contributed by atoms with E-state index in [4.69, 9.17) is 4.98 Å². The van der Waals surface area contributed by atoms with Gasteiger partial charge in [-0.25, -0.2) is 9.97 Å². The van der Waals surface area contributed by atoms with Gasteiger partial charge in [0.05, 0.1) is 22.2 Å². The molecule has 0 saturated heterocycles. The first-order valence-electron chi connectivity index (χ1n) is 10.8. The van der Waals surface area contributed by atoms with Gasteiger partial charge in [0.1, 0.15) is 17.4 Å². The van der Waals surface area contributed by atoms with Gasteiger partial charge in [0.15, 0.2) is 5.65 Å². The number of hydrogen-bond acceptors (Lipinski definition) is 3. The first-order chi connectivity index (χ1) is 15.7. The molecule has 0 fully saturated rings. The van der Waals surface area contributed by atoms with Crippen LogP contribution in [0.4, 0.5) is 0 Å². The van der Waals surface area contributed by atoms with E-state index in [1.165, 1.54) is 5.56 Å². The smallest absolute Gasteiger partial charge is 0.160 e. The Morgan fingerprint density at radius 3 is 2.69 bits per heavy atom. The number of rotatable bonds is 6. The Morgan fingerprint density at radius 2 is 1.91 bits per heavy atom. The number of pyridine rings is 2. The molecule has 5 nitrogen and oxygen atoms in total. The van der Waals surface area contributed by atoms with E-state index in [0.717, 1.165) is 64.0 Å². The predicted octanol–water partition coefficient (Wildman–Crippen LogP) is 6.38. The lowest BCUT2D eigenvalue weighted by Gasteiger charge is -2.10. The number of halogens is 1. The van der Waals surface area contributed by atoms with Crippen molar-refractivity contribution < 1.29 is 0 Å². The quantitative estimate of drug-likeness (QED) is 0.281. The van der Waals surface area contributed by atoms with Crippen LogP contribution in [-0.4, -0.2) is 18.9 Å². The second kappa shape index (κ2) is 8.60. The lowest BCUT2D eigenvalue weighted by molar-refractivity contribution is 0.686. The zero-order valence-corrected chi connectivity index (χ0v) is 19.4. The number of nitrogens with zero attached hydrogens (tertiary/aromatic N) is 5. The summed E-state index contributed by atoms with van der Waals surface area (Å²) in [5, 5.41) is 9.82. The third kappa shape index (κ3) is 3.49. The zero-order valence-electron chi connectivity index (χ0n) is 17.8. The van der Waals surface area contributed by atoms with Gasteiger partial charge in [0.25, 0.3) is 0 Å². The van der Waals surface area contributed by atoms with Crippen molar-refractivity contribution in [1.82, 2.24) is 18.9 Å². The van der Waals surface area contributed by atoms with Crippen LogP contribution in [0.5, 0.6) is 0 Å². The molecule has 0 aliphatic carbocycles. The molecule has 0 amide bonds. The summed E-state index contributed by atoms with van der Waals surface area (Å²) in [6, 6.07) is 20.7. The van der Waals surface area contributed by atoms with Crippen LogP contribution in [-0.2, 0) is 13.0 Å². The monoisotopic (exact) mass is 483 g/mol. The Bertz CT molecular complexity index is 1450. The molecule has 158 valence electrons.